The zero-order chi connectivity index (χ0) is 16.0. The molecule has 2 heterocycles. The van der Waals surface area contributed by atoms with Crippen molar-refractivity contribution in [2.45, 2.75) is 13.0 Å². The minimum Gasteiger partial charge on any atom is -0.305 e. The Morgan fingerprint density at radius 1 is 1.09 bits per heavy atom. The van der Waals surface area contributed by atoms with Crippen molar-refractivity contribution in [3.63, 3.8) is 0 Å². The van der Waals surface area contributed by atoms with Crippen molar-refractivity contribution in [3.8, 4) is 0 Å². The Balaban J connectivity index is 2.39. The highest BCUT2D eigenvalue weighted by molar-refractivity contribution is 9.10. The van der Waals surface area contributed by atoms with Crippen LogP contribution in [0.25, 0.3) is 11.2 Å². The molecule has 0 aliphatic rings. The van der Waals surface area contributed by atoms with E-state index in [1.54, 1.807) is 7.05 Å². The lowest BCUT2D eigenvalue weighted by Gasteiger charge is -2.16. The van der Waals surface area contributed by atoms with Crippen molar-refractivity contribution in [1.82, 2.24) is 18.7 Å². The van der Waals surface area contributed by atoms with Crippen LogP contribution in [-0.4, -0.2) is 18.7 Å². The summed E-state index contributed by atoms with van der Waals surface area (Å²) in [5.41, 5.74) is 1.11. The number of imidazole rings is 1. The monoisotopic (exact) mass is 362 g/mol. The van der Waals surface area contributed by atoms with Gasteiger partial charge in [0.25, 0.3) is 5.56 Å². The Morgan fingerprint density at radius 2 is 1.73 bits per heavy atom. The molecule has 3 aromatic rings. The Bertz CT molecular complexity index is 969. The molecule has 22 heavy (non-hydrogen) atoms. The van der Waals surface area contributed by atoms with Gasteiger partial charge in [0.15, 0.2) is 15.9 Å². The summed E-state index contributed by atoms with van der Waals surface area (Å²) < 4.78 is 4.82. The fraction of sp³-hybridized carbons (Fsp3) is 0.267. The lowest BCUT2D eigenvalue weighted by atomic mass is 10.1. The molecular formula is C15H15BrN4O2. The van der Waals surface area contributed by atoms with Crippen molar-refractivity contribution in [1.29, 1.82) is 0 Å². The summed E-state index contributed by atoms with van der Waals surface area (Å²) in [6.45, 7) is 1.99. The smallest absolute Gasteiger partial charge is 0.305 e. The van der Waals surface area contributed by atoms with Gasteiger partial charge in [0.05, 0.1) is 6.04 Å². The third kappa shape index (κ3) is 2.04. The average molecular weight is 363 g/mol. The van der Waals surface area contributed by atoms with Gasteiger partial charge >= 0.3 is 5.69 Å². The van der Waals surface area contributed by atoms with Crippen LogP contribution in [0.15, 0.2) is 44.7 Å². The van der Waals surface area contributed by atoms with Gasteiger partial charge in [-0.05, 0) is 28.4 Å². The van der Waals surface area contributed by atoms with E-state index in [0.29, 0.717) is 15.9 Å². The molecule has 0 saturated carbocycles. The molecule has 0 spiro atoms. The number of hydrogen-bond acceptors (Lipinski definition) is 3. The molecule has 0 saturated heterocycles. The molecule has 3 rings (SSSR count). The van der Waals surface area contributed by atoms with E-state index in [4.69, 9.17) is 0 Å². The van der Waals surface area contributed by atoms with Gasteiger partial charge < -0.3 is 4.57 Å². The Labute approximate surface area is 134 Å². The van der Waals surface area contributed by atoms with Crippen molar-refractivity contribution < 1.29 is 0 Å². The molecule has 0 amide bonds. The van der Waals surface area contributed by atoms with E-state index < -0.39 is 0 Å². The molecule has 2 aromatic heterocycles. The SMILES string of the molecule is C[C@H](c1ccccc1)n1c(Br)nc2c1c(=O)n(C)c(=O)n2C. The van der Waals surface area contributed by atoms with Crippen LogP contribution in [-0.2, 0) is 14.1 Å². The molecule has 0 bridgehead atoms. The predicted octanol–water partition coefficient (Wildman–Crippen LogP) is 1.81. The van der Waals surface area contributed by atoms with E-state index in [-0.39, 0.29) is 17.3 Å². The molecule has 0 fully saturated rings. The second-order valence-corrected chi connectivity index (χ2v) is 5.92. The van der Waals surface area contributed by atoms with E-state index in [9.17, 15) is 9.59 Å². The highest BCUT2D eigenvalue weighted by Crippen LogP contribution is 2.26. The Hall–Kier alpha value is -2.15. The topological polar surface area (TPSA) is 61.8 Å². The fourth-order valence-corrected chi connectivity index (χ4v) is 3.27. The van der Waals surface area contributed by atoms with Gasteiger partial charge in [0.2, 0.25) is 0 Å². The maximum Gasteiger partial charge on any atom is 0.332 e. The van der Waals surface area contributed by atoms with Crippen LogP contribution in [0.4, 0.5) is 0 Å². The number of fused-ring (bicyclic) bond motifs is 1. The summed E-state index contributed by atoms with van der Waals surface area (Å²) in [4.78, 5) is 28.9. The van der Waals surface area contributed by atoms with Gasteiger partial charge in [-0.1, -0.05) is 30.3 Å². The summed E-state index contributed by atoms with van der Waals surface area (Å²) in [6, 6.07) is 9.75. The van der Waals surface area contributed by atoms with E-state index in [1.807, 2.05) is 41.8 Å². The minimum atomic E-state index is -0.387. The quantitative estimate of drug-likeness (QED) is 0.653. The molecule has 1 atom stereocenters. The van der Waals surface area contributed by atoms with Crippen LogP contribution >= 0.6 is 15.9 Å². The van der Waals surface area contributed by atoms with Crippen LogP contribution < -0.4 is 11.2 Å². The molecule has 0 radical (unpaired) electrons. The summed E-state index contributed by atoms with van der Waals surface area (Å²) in [5.74, 6) is 0. The third-order valence-corrected chi connectivity index (χ3v) is 4.48. The maximum absolute atomic E-state index is 12.5. The number of rotatable bonds is 2. The zero-order valence-electron chi connectivity index (χ0n) is 12.4. The Kier molecular flexibility index (Phi) is 3.52. The number of aromatic nitrogens is 4. The van der Waals surface area contributed by atoms with E-state index in [2.05, 4.69) is 20.9 Å². The highest BCUT2D eigenvalue weighted by atomic mass is 79.9. The molecule has 0 unspecified atom stereocenters. The summed E-state index contributed by atoms with van der Waals surface area (Å²) in [5, 5.41) is 0. The first kappa shape index (κ1) is 14.8. The van der Waals surface area contributed by atoms with Crippen molar-refractivity contribution in [3.05, 3.63) is 61.5 Å². The minimum absolute atomic E-state index is 0.0919. The van der Waals surface area contributed by atoms with E-state index >= 15 is 0 Å². The van der Waals surface area contributed by atoms with Crippen molar-refractivity contribution in [2.24, 2.45) is 14.1 Å². The number of aryl methyl sites for hydroxylation is 1. The largest absolute Gasteiger partial charge is 0.332 e. The van der Waals surface area contributed by atoms with Gasteiger partial charge in [-0.2, -0.15) is 0 Å². The molecule has 0 N–H and O–H groups in total. The van der Waals surface area contributed by atoms with Gasteiger partial charge in [-0.25, -0.2) is 9.78 Å². The molecule has 0 aliphatic heterocycles. The van der Waals surface area contributed by atoms with Crippen LogP contribution in [0.5, 0.6) is 0 Å². The first-order valence-electron chi connectivity index (χ1n) is 6.82. The lowest BCUT2D eigenvalue weighted by Crippen LogP contribution is -2.37. The maximum atomic E-state index is 12.5. The summed E-state index contributed by atoms with van der Waals surface area (Å²) >= 11 is 3.41. The number of hydrogen-bond donors (Lipinski definition) is 0. The lowest BCUT2D eigenvalue weighted by molar-refractivity contribution is 0.634. The molecular weight excluding hydrogens is 348 g/mol. The summed E-state index contributed by atoms with van der Waals surface area (Å²) in [7, 11) is 3.09. The second-order valence-electron chi connectivity index (χ2n) is 5.22. The molecule has 7 heteroatoms. The van der Waals surface area contributed by atoms with Gasteiger partial charge in [-0.15, -0.1) is 0 Å². The van der Waals surface area contributed by atoms with Crippen LogP contribution in [0, 0.1) is 0 Å². The molecule has 1 aromatic carbocycles. The normalized spacial score (nSPS) is 12.7. The average Bonchev–Trinajstić information content (AvgIpc) is 2.88. The Morgan fingerprint density at radius 3 is 2.36 bits per heavy atom. The molecule has 114 valence electrons. The number of benzene rings is 1. The highest BCUT2D eigenvalue weighted by Gasteiger charge is 2.21. The molecule has 6 nitrogen and oxygen atoms in total. The van der Waals surface area contributed by atoms with Crippen molar-refractivity contribution >= 4 is 27.1 Å². The van der Waals surface area contributed by atoms with Crippen LogP contribution in [0.1, 0.15) is 18.5 Å². The standard InChI is InChI=1S/C15H15BrN4O2/c1-9(10-7-5-4-6-8-10)20-11-12(17-14(20)16)18(2)15(22)19(3)13(11)21/h4-9H,1-3H3/t9-/m1/s1. The van der Waals surface area contributed by atoms with Gasteiger partial charge in [0.1, 0.15) is 0 Å². The number of halogens is 1. The van der Waals surface area contributed by atoms with Gasteiger partial charge in [-0.3, -0.25) is 13.9 Å². The second kappa shape index (κ2) is 5.24. The fourth-order valence-electron chi connectivity index (χ4n) is 2.62. The van der Waals surface area contributed by atoms with E-state index in [1.165, 1.54) is 11.6 Å². The first-order chi connectivity index (χ1) is 10.4. The summed E-state index contributed by atoms with van der Waals surface area (Å²) in [6.07, 6.45) is 0. The van der Waals surface area contributed by atoms with E-state index in [0.717, 1.165) is 10.1 Å². The van der Waals surface area contributed by atoms with Gasteiger partial charge in [0, 0.05) is 14.1 Å². The number of nitrogens with zero attached hydrogens (tertiary/aromatic N) is 4. The zero-order valence-corrected chi connectivity index (χ0v) is 14.0. The van der Waals surface area contributed by atoms with Crippen LogP contribution in [0.3, 0.4) is 0 Å². The van der Waals surface area contributed by atoms with Crippen molar-refractivity contribution in [2.75, 3.05) is 0 Å². The predicted molar refractivity (Wildman–Crippen MR) is 88.2 cm³/mol. The van der Waals surface area contributed by atoms with Crippen LogP contribution in [0.2, 0.25) is 0 Å². The first-order valence-corrected chi connectivity index (χ1v) is 7.61. The molecule has 0 aliphatic carbocycles. The third-order valence-electron chi connectivity index (χ3n) is 3.92.